The van der Waals surface area contributed by atoms with Gasteiger partial charge in [-0.3, -0.25) is 9.78 Å². The van der Waals surface area contributed by atoms with Crippen LogP contribution in [-0.2, 0) is 11.8 Å². The maximum Gasteiger partial charge on any atom is 0.237 e. The van der Waals surface area contributed by atoms with Gasteiger partial charge in [0.2, 0.25) is 5.91 Å². The minimum atomic E-state index is -1.64. The first-order valence-corrected chi connectivity index (χ1v) is 8.67. The van der Waals surface area contributed by atoms with Gasteiger partial charge in [-0.15, -0.1) is 10.2 Å². The van der Waals surface area contributed by atoms with Crippen molar-refractivity contribution in [1.29, 1.82) is 0 Å². The smallest absolute Gasteiger partial charge is 0.237 e. The maximum absolute atomic E-state index is 13.7. The molecule has 0 aliphatic rings. The molecule has 0 unspecified atom stereocenters. The Kier molecular flexibility index (Phi) is 5.45. The van der Waals surface area contributed by atoms with Crippen molar-refractivity contribution >= 4 is 23.4 Å². The summed E-state index contributed by atoms with van der Waals surface area (Å²) < 4.78 is 41.7. The average Bonchev–Trinajstić information content (AvgIpc) is 3.03. The Bertz CT molecular complexity index is 980. The SMILES string of the molecule is C[C@@H](Sc1nnc(-c2ccncc2)n1C)C(=O)Nc1ccc(F)c(F)c1F. The monoisotopic (exact) mass is 393 g/mol. The van der Waals surface area contributed by atoms with Crippen molar-refractivity contribution in [2.24, 2.45) is 7.05 Å². The number of carbonyl (C=O) groups excluding carboxylic acids is 1. The molecule has 6 nitrogen and oxygen atoms in total. The zero-order valence-electron chi connectivity index (χ0n) is 14.3. The highest BCUT2D eigenvalue weighted by molar-refractivity contribution is 8.00. The lowest BCUT2D eigenvalue weighted by Crippen LogP contribution is -2.23. The molecule has 0 fully saturated rings. The number of hydrogen-bond donors (Lipinski definition) is 1. The summed E-state index contributed by atoms with van der Waals surface area (Å²) in [5.41, 5.74) is 0.384. The first kappa shape index (κ1) is 18.9. The molecule has 0 spiro atoms. The molecule has 1 aromatic carbocycles. The van der Waals surface area contributed by atoms with E-state index in [1.165, 1.54) is 0 Å². The van der Waals surface area contributed by atoms with Gasteiger partial charge in [-0.05, 0) is 31.2 Å². The van der Waals surface area contributed by atoms with Gasteiger partial charge in [-0.2, -0.15) is 0 Å². The fourth-order valence-electron chi connectivity index (χ4n) is 2.24. The molecule has 3 rings (SSSR count). The van der Waals surface area contributed by atoms with Crippen LogP contribution in [0.5, 0.6) is 0 Å². The molecule has 140 valence electrons. The molecule has 1 atom stereocenters. The van der Waals surface area contributed by atoms with E-state index in [4.69, 9.17) is 0 Å². The number of nitrogens with zero attached hydrogens (tertiary/aromatic N) is 4. The summed E-state index contributed by atoms with van der Waals surface area (Å²) in [7, 11) is 1.75. The summed E-state index contributed by atoms with van der Waals surface area (Å²) in [6.45, 7) is 1.58. The average molecular weight is 393 g/mol. The highest BCUT2D eigenvalue weighted by atomic mass is 32.2. The van der Waals surface area contributed by atoms with Gasteiger partial charge in [-0.25, -0.2) is 13.2 Å². The molecule has 0 saturated heterocycles. The largest absolute Gasteiger partial charge is 0.323 e. The second-order valence-electron chi connectivity index (χ2n) is 5.57. The lowest BCUT2D eigenvalue weighted by Gasteiger charge is -2.12. The molecule has 0 radical (unpaired) electrons. The Balaban J connectivity index is 1.72. The van der Waals surface area contributed by atoms with E-state index < -0.39 is 34.3 Å². The zero-order valence-corrected chi connectivity index (χ0v) is 15.1. The third-order valence-electron chi connectivity index (χ3n) is 3.72. The van der Waals surface area contributed by atoms with Crippen molar-refractivity contribution in [2.75, 3.05) is 5.32 Å². The van der Waals surface area contributed by atoms with Crippen LogP contribution in [0.15, 0.2) is 41.8 Å². The molecule has 27 heavy (non-hydrogen) atoms. The van der Waals surface area contributed by atoms with E-state index in [9.17, 15) is 18.0 Å². The van der Waals surface area contributed by atoms with Crippen LogP contribution in [0.1, 0.15) is 6.92 Å². The highest BCUT2D eigenvalue weighted by Gasteiger charge is 2.22. The minimum absolute atomic E-state index is 0.429. The first-order chi connectivity index (χ1) is 12.9. The number of nitrogens with one attached hydrogen (secondary N) is 1. The Morgan fingerprint density at radius 3 is 2.52 bits per heavy atom. The van der Waals surface area contributed by atoms with E-state index in [0.717, 1.165) is 29.5 Å². The van der Waals surface area contributed by atoms with Crippen LogP contribution in [0.25, 0.3) is 11.4 Å². The summed E-state index contributed by atoms with van der Waals surface area (Å²) in [4.78, 5) is 16.2. The van der Waals surface area contributed by atoms with Gasteiger partial charge in [0, 0.05) is 25.0 Å². The summed E-state index contributed by atoms with van der Waals surface area (Å²) in [5, 5.41) is 10.2. The van der Waals surface area contributed by atoms with E-state index in [0.29, 0.717) is 11.0 Å². The van der Waals surface area contributed by atoms with Gasteiger partial charge in [0.05, 0.1) is 10.9 Å². The number of aromatic nitrogens is 4. The minimum Gasteiger partial charge on any atom is -0.323 e. The number of halogens is 3. The van der Waals surface area contributed by atoms with Gasteiger partial charge < -0.3 is 9.88 Å². The van der Waals surface area contributed by atoms with Crippen LogP contribution < -0.4 is 5.32 Å². The fourth-order valence-corrected chi connectivity index (χ4v) is 3.05. The Labute approximate surface area is 156 Å². The molecule has 3 aromatic rings. The van der Waals surface area contributed by atoms with Gasteiger partial charge in [-0.1, -0.05) is 11.8 Å². The van der Waals surface area contributed by atoms with E-state index in [-0.39, 0.29) is 0 Å². The van der Waals surface area contributed by atoms with Gasteiger partial charge in [0.25, 0.3) is 0 Å². The lowest BCUT2D eigenvalue weighted by molar-refractivity contribution is -0.115. The number of benzene rings is 1. The molecule has 0 saturated carbocycles. The maximum atomic E-state index is 13.7. The molecule has 0 aliphatic carbocycles. The predicted octanol–water partition coefficient (Wildman–Crippen LogP) is 3.41. The number of pyridine rings is 1. The third-order valence-corrected chi connectivity index (χ3v) is 4.85. The van der Waals surface area contributed by atoms with Gasteiger partial charge in [0.1, 0.15) is 0 Å². The summed E-state index contributed by atoms with van der Waals surface area (Å²) in [6, 6.07) is 5.27. The molecule has 1 amide bonds. The van der Waals surface area contributed by atoms with Crippen LogP contribution in [0.4, 0.5) is 18.9 Å². The summed E-state index contributed by atoms with van der Waals surface area (Å²) in [6.07, 6.45) is 3.26. The zero-order chi connectivity index (χ0) is 19.6. The molecule has 2 heterocycles. The number of thioether (sulfide) groups is 1. The van der Waals surface area contributed by atoms with Crippen molar-refractivity contribution in [3.05, 3.63) is 54.1 Å². The van der Waals surface area contributed by atoms with Crippen LogP contribution >= 0.6 is 11.8 Å². The van der Waals surface area contributed by atoms with Crippen molar-refractivity contribution in [1.82, 2.24) is 19.7 Å². The van der Waals surface area contributed by atoms with E-state index >= 15 is 0 Å². The van der Waals surface area contributed by atoms with Crippen molar-refractivity contribution < 1.29 is 18.0 Å². The number of anilines is 1. The van der Waals surface area contributed by atoms with Crippen LogP contribution in [0.2, 0.25) is 0 Å². The topological polar surface area (TPSA) is 72.7 Å². The molecule has 1 N–H and O–H groups in total. The molecule has 0 aliphatic heterocycles. The number of rotatable bonds is 5. The van der Waals surface area contributed by atoms with Gasteiger partial charge in [0.15, 0.2) is 28.4 Å². The Morgan fingerprint density at radius 2 is 1.81 bits per heavy atom. The molecule has 0 bridgehead atoms. The summed E-state index contributed by atoms with van der Waals surface area (Å²) >= 11 is 1.10. The lowest BCUT2D eigenvalue weighted by atomic mass is 10.2. The highest BCUT2D eigenvalue weighted by Crippen LogP contribution is 2.27. The standard InChI is InChI=1S/C17H14F3N5OS/c1-9(16(26)22-12-4-3-11(18)13(19)14(12)20)27-17-24-23-15(25(17)2)10-5-7-21-8-6-10/h3-9H,1-2H3,(H,22,26)/t9-/m1/s1. The normalized spacial score (nSPS) is 12.0. The van der Waals surface area contributed by atoms with E-state index in [2.05, 4.69) is 20.5 Å². The number of hydrogen-bond acceptors (Lipinski definition) is 5. The van der Waals surface area contributed by atoms with Crippen LogP contribution in [-0.4, -0.2) is 30.9 Å². The van der Waals surface area contributed by atoms with E-state index in [1.807, 2.05) is 0 Å². The Morgan fingerprint density at radius 1 is 1.11 bits per heavy atom. The fraction of sp³-hybridized carbons (Fsp3) is 0.176. The predicted molar refractivity (Wildman–Crippen MR) is 94.5 cm³/mol. The molecule has 2 aromatic heterocycles. The van der Waals surface area contributed by atoms with E-state index in [1.54, 1.807) is 43.1 Å². The van der Waals surface area contributed by atoms with Crippen LogP contribution in [0, 0.1) is 17.5 Å². The quantitative estimate of drug-likeness (QED) is 0.531. The van der Waals surface area contributed by atoms with Crippen molar-refractivity contribution in [3.8, 4) is 11.4 Å². The van der Waals surface area contributed by atoms with Crippen molar-refractivity contribution in [3.63, 3.8) is 0 Å². The third kappa shape index (κ3) is 3.95. The molecular weight excluding hydrogens is 379 g/mol. The second kappa shape index (κ2) is 7.78. The van der Waals surface area contributed by atoms with Gasteiger partial charge >= 0.3 is 0 Å². The number of carbonyl (C=O) groups is 1. The second-order valence-corrected chi connectivity index (χ2v) is 6.88. The first-order valence-electron chi connectivity index (χ1n) is 7.79. The van der Waals surface area contributed by atoms with Crippen LogP contribution in [0.3, 0.4) is 0 Å². The molecular formula is C17H14F3N5OS. The number of amides is 1. The molecule has 10 heteroatoms. The Hall–Kier alpha value is -2.88. The van der Waals surface area contributed by atoms with Crippen molar-refractivity contribution in [2.45, 2.75) is 17.3 Å². The summed E-state index contributed by atoms with van der Waals surface area (Å²) in [5.74, 6) is -4.39.